The zero-order valence-corrected chi connectivity index (χ0v) is 11.8. The van der Waals surface area contributed by atoms with Crippen molar-refractivity contribution in [3.8, 4) is 0 Å². The Morgan fingerprint density at radius 3 is 2.80 bits per heavy atom. The number of halogens is 1. The van der Waals surface area contributed by atoms with E-state index in [1.807, 2.05) is 0 Å². The minimum Gasteiger partial charge on any atom is -0.389 e. The Morgan fingerprint density at radius 1 is 1.50 bits per heavy atom. The van der Waals surface area contributed by atoms with Crippen molar-refractivity contribution in [2.24, 2.45) is 0 Å². The van der Waals surface area contributed by atoms with Crippen molar-refractivity contribution in [2.45, 2.75) is 25.5 Å². The third-order valence-corrected chi connectivity index (χ3v) is 3.53. The van der Waals surface area contributed by atoms with Crippen LogP contribution in [0, 0.1) is 0 Å². The number of pyridine rings is 1. The summed E-state index contributed by atoms with van der Waals surface area (Å²) >= 11 is 5.71. The normalized spacial score (nSPS) is 22.4. The van der Waals surface area contributed by atoms with Gasteiger partial charge in [0.15, 0.2) is 0 Å². The number of carbonyl (C=O) groups is 2. The first-order valence-electron chi connectivity index (χ1n) is 6.33. The molecule has 1 saturated heterocycles. The van der Waals surface area contributed by atoms with Crippen molar-refractivity contribution >= 4 is 23.4 Å². The number of likely N-dealkylation sites (tertiary alicyclic amines) is 1. The predicted molar refractivity (Wildman–Crippen MR) is 73.4 cm³/mol. The van der Waals surface area contributed by atoms with Crippen LogP contribution >= 0.6 is 11.6 Å². The Hall–Kier alpha value is -1.66. The molecule has 2 atom stereocenters. The number of piperidine rings is 1. The molecule has 0 bridgehead atoms. The van der Waals surface area contributed by atoms with Crippen molar-refractivity contribution in [3.63, 3.8) is 0 Å². The summed E-state index contributed by atoms with van der Waals surface area (Å²) in [5, 5.41) is 13.2. The number of hydrogen-bond donors (Lipinski definition) is 2. The standard InChI is InChI=1S/C13H16ClN3O3/c1-8(18)17-5-4-10(12(19)7-17)16-13(20)11-3-2-9(14)6-15-11/h2-3,6,10,12,19H,4-5,7H2,1H3,(H,16,20)/t10-,12-/m1/s1. The van der Waals surface area contributed by atoms with E-state index in [0.717, 1.165) is 0 Å². The van der Waals surface area contributed by atoms with Gasteiger partial charge in [0, 0.05) is 26.2 Å². The zero-order valence-electron chi connectivity index (χ0n) is 11.0. The SMILES string of the molecule is CC(=O)N1CC[C@@H](NC(=O)c2ccc(Cl)cn2)[C@H](O)C1. The Kier molecular flexibility index (Phi) is 4.57. The van der Waals surface area contributed by atoms with Gasteiger partial charge in [0.05, 0.1) is 17.2 Å². The van der Waals surface area contributed by atoms with Crippen LogP contribution in [0.15, 0.2) is 18.3 Å². The number of carbonyl (C=O) groups excluding carboxylic acids is 2. The van der Waals surface area contributed by atoms with Gasteiger partial charge in [0.25, 0.3) is 5.91 Å². The Labute approximate surface area is 121 Å². The van der Waals surface area contributed by atoms with Crippen LogP contribution in [0.3, 0.4) is 0 Å². The van der Waals surface area contributed by atoms with Crippen LogP contribution in [0.5, 0.6) is 0 Å². The Morgan fingerprint density at radius 2 is 2.25 bits per heavy atom. The molecule has 7 heteroatoms. The molecule has 1 aliphatic rings. The predicted octanol–water partition coefficient (Wildman–Crippen LogP) is 0.447. The summed E-state index contributed by atoms with van der Waals surface area (Å²) in [7, 11) is 0. The molecule has 0 saturated carbocycles. The summed E-state index contributed by atoms with van der Waals surface area (Å²) in [6, 6.07) is 2.73. The molecule has 6 nitrogen and oxygen atoms in total. The van der Waals surface area contributed by atoms with Crippen molar-refractivity contribution in [2.75, 3.05) is 13.1 Å². The number of amides is 2. The van der Waals surface area contributed by atoms with E-state index in [1.54, 1.807) is 11.0 Å². The van der Waals surface area contributed by atoms with Crippen LogP contribution in [0.4, 0.5) is 0 Å². The van der Waals surface area contributed by atoms with E-state index in [4.69, 9.17) is 11.6 Å². The van der Waals surface area contributed by atoms with Crippen molar-refractivity contribution in [1.82, 2.24) is 15.2 Å². The summed E-state index contributed by atoms with van der Waals surface area (Å²) in [6.07, 6.45) is 1.13. The third-order valence-electron chi connectivity index (χ3n) is 3.30. The molecular weight excluding hydrogens is 282 g/mol. The molecule has 0 radical (unpaired) electrons. The molecule has 0 aromatic carbocycles. The van der Waals surface area contributed by atoms with Crippen LogP contribution < -0.4 is 5.32 Å². The maximum Gasteiger partial charge on any atom is 0.270 e. The van der Waals surface area contributed by atoms with Gasteiger partial charge in [-0.25, -0.2) is 4.98 Å². The highest BCUT2D eigenvalue weighted by Crippen LogP contribution is 2.12. The van der Waals surface area contributed by atoms with E-state index in [1.165, 1.54) is 19.2 Å². The van der Waals surface area contributed by atoms with Gasteiger partial charge in [-0.05, 0) is 18.6 Å². The molecule has 108 valence electrons. The molecule has 1 aromatic rings. The number of aliphatic hydroxyl groups excluding tert-OH is 1. The molecule has 2 N–H and O–H groups in total. The lowest BCUT2D eigenvalue weighted by Gasteiger charge is -2.35. The Balaban J connectivity index is 1.95. The smallest absolute Gasteiger partial charge is 0.270 e. The summed E-state index contributed by atoms with van der Waals surface area (Å²) in [5.74, 6) is -0.435. The molecule has 0 aliphatic carbocycles. The molecule has 0 unspecified atom stereocenters. The summed E-state index contributed by atoms with van der Waals surface area (Å²) in [5.41, 5.74) is 0.246. The molecule has 2 heterocycles. The first-order valence-corrected chi connectivity index (χ1v) is 6.71. The van der Waals surface area contributed by atoms with E-state index < -0.39 is 6.10 Å². The van der Waals surface area contributed by atoms with Crippen LogP contribution in [-0.2, 0) is 4.79 Å². The highest BCUT2D eigenvalue weighted by molar-refractivity contribution is 6.30. The van der Waals surface area contributed by atoms with E-state index in [2.05, 4.69) is 10.3 Å². The summed E-state index contributed by atoms with van der Waals surface area (Å²) in [4.78, 5) is 28.7. The van der Waals surface area contributed by atoms with Gasteiger partial charge in [0.1, 0.15) is 5.69 Å². The second kappa shape index (κ2) is 6.19. The lowest BCUT2D eigenvalue weighted by Crippen LogP contribution is -2.55. The van der Waals surface area contributed by atoms with Crippen LogP contribution in [0.2, 0.25) is 5.02 Å². The molecular formula is C13H16ClN3O3. The lowest BCUT2D eigenvalue weighted by molar-refractivity contribution is -0.132. The number of aliphatic hydroxyl groups is 1. The fraction of sp³-hybridized carbons (Fsp3) is 0.462. The average Bonchev–Trinajstić information content (AvgIpc) is 2.41. The monoisotopic (exact) mass is 297 g/mol. The number of rotatable bonds is 2. The fourth-order valence-electron chi connectivity index (χ4n) is 2.14. The van der Waals surface area contributed by atoms with Crippen LogP contribution in [0.25, 0.3) is 0 Å². The van der Waals surface area contributed by atoms with E-state index in [0.29, 0.717) is 18.0 Å². The summed E-state index contributed by atoms with van der Waals surface area (Å²) < 4.78 is 0. The van der Waals surface area contributed by atoms with Crippen molar-refractivity contribution in [1.29, 1.82) is 0 Å². The average molecular weight is 298 g/mol. The van der Waals surface area contributed by atoms with E-state index in [-0.39, 0.29) is 30.1 Å². The molecule has 0 spiro atoms. The minimum absolute atomic E-state index is 0.0757. The first kappa shape index (κ1) is 14.7. The zero-order chi connectivity index (χ0) is 14.7. The van der Waals surface area contributed by atoms with Crippen LogP contribution in [-0.4, -0.2) is 52.0 Å². The topological polar surface area (TPSA) is 82.5 Å². The van der Waals surface area contributed by atoms with Gasteiger partial charge in [-0.3, -0.25) is 9.59 Å². The van der Waals surface area contributed by atoms with Gasteiger partial charge in [0.2, 0.25) is 5.91 Å². The number of hydrogen-bond acceptors (Lipinski definition) is 4. The van der Waals surface area contributed by atoms with Gasteiger partial charge in [-0.2, -0.15) is 0 Å². The third kappa shape index (κ3) is 3.46. The van der Waals surface area contributed by atoms with Crippen LogP contribution in [0.1, 0.15) is 23.8 Å². The van der Waals surface area contributed by atoms with Gasteiger partial charge in [-0.15, -0.1) is 0 Å². The summed E-state index contributed by atoms with van der Waals surface area (Å²) in [6.45, 7) is 2.21. The minimum atomic E-state index is -0.774. The maximum atomic E-state index is 12.0. The van der Waals surface area contributed by atoms with E-state index in [9.17, 15) is 14.7 Å². The molecule has 2 amide bonds. The second-order valence-corrected chi connectivity index (χ2v) is 5.20. The molecule has 1 fully saturated rings. The van der Waals surface area contributed by atoms with Gasteiger partial charge >= 0.3 is 0 Å². The van der Waals surface area contributed by atoms with Crippen molar-refractivity contribution in [3.05, 3.63) is 29.0 Å². The van der Waals surface area contributed by atoms with Gasteiger partial charge < -0.3 is 15.3 Å². The Bertz CT molecular complexity index is 506. The fourth-order valence-corrected chi connectivity index (χ4v) is 2.25. The number of nitrogens with one attached hydrogen (secondary N) is 1. The number of aromatic nitrogens is 1. The number of nitrogens with zero attached hydrogens (tertiary/aromatic N) is 2. The molecule has 1 aliphatic heterocycles. The van der Waals surface area contributed by atoms with Gasteiger partial charge in [-0.1, -0.05) is 11.6 Å². The molecule has 20 heavy (non-hydrogen) atoms. The first-order chi connectivity index (χ1) is 9.47. The maximum absolute atomic E-state index is 12.0. The highest BCUT2D eigenvalue weighted by Gasteiger charge is 2.30. The molecule has 1 aromatic heterocycles. The second-order valence-electron chi connectivity index (χ2n) is 4.76. The van der Waals surface area contributed by atoms with Crippen molar-refractivity contribution < 1.29 is 14.7 Å². The number of β-amino-alcohol motifs (C(OH)–C–C–N with tert-alkyl or cyclic N) is 1. The quantitative estimate of drug-likeness (QED) is 0.830. The lowest BCUT2D eigenvalue weighted by atomic mass is 10.0. The van der Waals surface area contributed by atoms with E-state index >= 15 is 0 Å². The largest absolute Gasteiger partial charge is 0.389 e. The highest BCUT2D eigenvalue weighted by atomic mass is 35.5. The molecule has 2 rings (SSSR count).